The first kappa shape index (κ1) is 26.4. The molecule has 208 valence electrons. The number of amides is 1. The van der Waals surface area contributed by atoms with Crippen molar-refractivity contribution < 1.29 is 19.0 Å². The lowest BCUT2D eigenvalue weighted by molar-refractivity contribution is 0.0966. The van der Waals surface area contributed by atoms with Crippen molar-refractivity contribution in [2.24, 2.45) is 10.9 Å². The highest BCUT2D eigenvalue weighted by Crippen LogP contribution is 2.35. The minimum absolute atomic E-state index is 0.169. The van der Waals surface area contributed by atoms with E-state index in [0.29, 0.717) is 55.6 Å². The Hall–Kier alpha value is -3.86. The van der Waals surface area contributed by atoms with Gasteiger partial charge in [0.1, 0.15) is 17.3 Å². The first-order chi connectivity index (χ1) is 19.4. The zero-order chi connectivity index (χ0) is 27.8. The number of nitrogens with zero attached hydrogens (tertiary/aromatic N) is 4. The largest absolute Gasteiger partial charge is 0.392 e. The number of fused-ring (bicyclic) bond motifs is 2. The number of hydrogen-bond acceptors (Lipinski definition) is 7. The summed E-state index contributed by atoms with van der Waals surface area (Å²) in [7, 11) is 0. The van der Waals surface area contributed by atoms with E-state index in [-0.39, 0.29) is 23.7 Å². The number of nitrogens with one attached hydrogen (secondary N) is 2. The number of β-amino-alcohol motifs (C(OH)–C–C–N with tert-alkyl or cyclic N) is 1. The molecule has 3 aliphatic rings. The fourth-order valence-electron chi connectivity index (χ4n) is 5.72. The maximum atomic E-state index is 13.7. The highest BCUT2D eigenvalue weighted by atomic mass is 19.1. The number of aromatic nitrogens is 2. The quantitative estimate of drug-likeness (QED) is 0.373. The molecule has 2 atom stereocenters. The minimum atomic E-state index is -0.353. The van der Waals surface area contributed by atoms with E-state index in [0.717, 1.165) is 47.5 Å². The molecule has 2 aromatic heterocycles. The summed E-state index contributed by atoms with van der Waals surface area (Å²) >= 11 is 0. The molecular formula is C30H33FN6O3. The number of benzene rings is 1. The van der Waals surface area contributed by atoms with Crippen LogP contribution in [0, 0.1) is 11.7 Å². The third-order valence-electron chi connectivity index (χ3n) is 7.92. The molecule has 0 spiro atoms. The Morgan fingerprint density at radius 3 is 3.00 bits per heavy atom. The molecule has 2 saturated heterocycles. The maximum absolute atomic E-state index is 13.7. The van der Waals surface area contributed by atoms with E-state index in [9.17, 15) is 14.3 Å². The molecule has 0 aliphatic carbocycles. The van der Waals surface area contributed by atoms with Gasteiger partial charge in [0.25, 0.3) is 5.91 Å². The van der Waals surface area contributed by atoms with Crippen LogP contribution in [0.5, 0.6) is 0 Å². The monoisotopic (exact) mass is 544 g/mol. The molecule has 1 aromatic carbocycles. The number of allylic oxidation sites excluding steroid dienone is 1. The molecule has 3 aromatic rings. The minimum Gasteiger partial charge on any atom is -0.392 e. The van der Waals surface area contributed by atoms with E-state index in [1.54, 1.807) is 12.4 Å². The molecule has 2 fully saturated rings. The van der Waals surface area contributed by atoms with Gasteiger partial charge in [0, 0.05) is 56.5 Å². The van der Waals surface area contributed by atoms with Crippen molar-refractivity contribution in [2.75, 3.05) is 38.2 Å². The Balaban J connectivity index is 1.32. The number of anilines is 1. The summed E-state index contributed by atoms with van der Waals surface area (Å²) in [6.07, 6.45) is 6.55. The second-order valence-corrected chi connectivity index (χ2v) is 10.5. The maximum Gasteiger partial charge on any atom is 0.254 e. The summed E-state index contributed by atoms with van der Waals surface area (Å²) in [6.45, 7) is 9.99. The Bertz CT molecular complexity index is 1540. The van der Waals surface area contributed by atoms with Crippen LogP contribution in [0.25, 0.3) is 16.9 Å². The van der Waals surface area contributed by atoms with Gasteiger partial charge in [-0.05, 0) is 49.1 Å². The molecule has 5 heterocycles. The van der Waals surface area contributed by atoms with Gasteiger partial charge in [0.2, 0.25) is 0 Å². The van der Waals surface area contributed by atoms with E-state index >= 15 is 0 Å². The third-order valence-corrected chi connectivity index (χ3v) is 7.92. The second kappa shape index (κ2) is 11.0. The van der Waals surface area contributed by atoms with Crippen LogP contribution in [-0.4, -0.2) is 70.0 Å². The molecule has 3 N–H and O–H groups in total. The molecule has 0 saturated carbocycles. The number of hydrogen-bond donors (Lipinski definition) is 3. The number of likely N-dealkylation sites (tertiary alicyclic amines) is 1. The van der Waals surface area contributed by atoms with Crippen LogP contribution in [0.2, 0.25) is 0 Å². The Morgan fingerprint density at radius 1 is 1.38 bits per heavy atom. The van der Waals surface area contributed by atoms with E-state index in [2.05, 4.69) is 27.1 Å². The highest BCUT2D eigenvalue weighted by Gasteiger charge is 2.29. The van der Waals surface area contributed by atoms with E-state index < -0.39 is 0 Å². The second-order valence-electron chi connectivity index (χ2n) is 10.5. The van der Waals surface area contributed by atoms with Crippen molar-refractivity contribution in [1.29, 1.82) is 0 Å². The number of ether oxygens (including phenoxy) is 1. The van der Waals surface area contributed by atoms with Crippen molar-refractivity contribution in [3.8, 4) is 11.3 Å². The normalized spacial score (nSPS) is 21.7. The molecule has 1 amide bonds. The number of carbonyl (C=O) groups is 1. The topological polar surface area (TPSA) is 103 Å². The fraction of sp³-hybridized carbons (Fsp3) is 0.367. The molecule has 0 unspecified atom stereocenters. The van der Waals surface area contributed by atoms with Gasteiger partial charge in [-0.25, -0.2) is 14.4 Å². The van der Waals surface area contributed by atoms with Crippen molar-refractivity contribution in [1.82, 2.24) is 19.6 Å². The van der Waals surface area contributed by atoms with Crippen LogP contribution in [0.3, 0.4) is 0 Å². The number of pyridine rings is 1. The zero-order valence-corrected chi connectivity index (χ0v) is 22.5. The average molecular weight is 545 g/mol. The number of aliphatic imine (C=N–C) groups is 1. The molecule has 0 bridgehead atoms. The van der Waals surface area contributed by atoms with Gasteiger partial charge >= 0.3 is 0 Å². The Morgan fingerprint density at radius 2 is 2.25 bits per heavy atom. The Labute approximate surface area is 232 Å². The molecule has 0 radical (unpaired) electrons. The molecule has 9 nitrogen and oxygen atoms in total. The molecule has 10 heteroatoms. The highest BCUT2D eigenvalue weighted by molar-refractivity contribution is 6.06. The van der Waals surface area contributed by atoms with Gasteiger partial charge in [-0.2, -0.15) is 0 Å². The van der Waals surface area contributed by atoms with Crippen molar-refractivity contribution in [3.63, 3.8) is 0 Å². The van der Waals surface area contributed by atoms with Crippen molar-refractivity contribution >= 4 is 23.0 Å². The standard InChI is InChI=1S/C30H33FN6O3/c1-3-27(35-25(16-36-9-7-21(38)15-36)18(2)19-8-11-40-17-19)34-24-5-4-22(23-13-33-30(39)29(23)24)26-14-32-28-12-20(31)6-10-37(26)28/h3-6,10,12,14,19,21,34,38H,2,7-9,11,13,15-17H2,1H3,(H,33,39)/b27-3-,35-25-/t19-,21+/m0/s1. The lowest BCUT2D eigenvalue weighted by Crippen LogP contribution is -2.31. The van der Waals surface area contributed by atoms with Gasteiger partial charge in [-0.15, -0.1) is 0 Å². The third kappa shape index (κ3) is 5.05. The summed E-state index contributed by atoms with van der Waals surface area (Å²) in [6, 6.07) is 6.59. The number of carbonyl (C=O) groups excluding carboxylic acids is 1. The first-order valence-corrected chi connectivity index (χ1v) is 13.7. The van der Waals surface area contributed by atoms with E-state index in [1.807, 2.05) is 29.5 Å². The van der Waals surface area contributed by atoms with Gasteiger partial charge in [0.05, 0.1) is 41.6 Å². The van der Waals surface area contributed by atoms with Crippen LogP contribution in [0.4, 0.5) is 10.1 Å². The Kier molecular flexibility index (Phi) is 7.22. The van der Waals surface area contributed by atoms with Gasteiger partial charge in [-0.3, -0.25) is 14.1 Å². The van der Waals surface area contributed by atoms with E-state index in [4.69, 9.17) is 9.73 Å². The van der Waals surface area contributed by atoms with Crippen LogP contribution in [0.1, 0.15) is 35.7 Å². The predicted molar refractivity (Wildman–Crippen MR) is 152 cm³/mol. The van der Waals surface area contributed by atoms with Crippen LogP contribution < -0.4 is 10.6 Å². The number of aliphatic hydroxyl groups is 1. The zero-order valence-electron chi connectivity index (χ0n) is 22.5. The first-order valence-electron chi connectivity index (χ1n) is 13.7. The molecular weight excluding hydrogens is 511 g/mol. The predicted octanol–water partition coefficient (Wildman–Crippen LogP) is 3.76. The van der Waals surface area contributed by atoms with Crippen LogP contribution >= 0.6 is 0 Å². The van der Waals surface area contributed by atoms with Gasteiger partial charge in [-0.1, -0.05) is 12.6 Å². The molecule has 40 heavy (non-hydrogen) atoms. The lowest BCUT2D eigenvalue weighted by atomic mass is 9.95. The number of imidazole rings is 1. The summed E-state index contributed by atoms with van der Waals surface area (Å²) in [5.74, 6) is 0.291. The lowest BCUT2D eigenvalue weighted by Gasteiger charge is -2.22. The number of aliphatic hydroxyl groups excluding tert-OH is 1. The summed E-state index contributed by atoms with van der Waals surface area (Å²) in [5.41, 5.74) is 5.98. The average Bonchev–Trinajstić information content (AvgIpc) is 3.76. The number of halogens is 1. The summed E-state index contributed by atoms with van der Waals surface area (Å²) < 4.78 is 21.2. The van der Waals surface area contributed by atoms with E-state index in [1.165, 1.54) is 12.1 Å². The van der Waals surface area contributed by atoms with Crippen LogP contribution in [-0.2, 0) is 11.3 Å². The SMILES string of the molecule is C=C(/C(CN1CC[C@@H](O)C1)=N\C(=C/C)Nc1ccc(-c2cnc3cc(F)ccn23)c2c1C(=O)NC2)[C@H]1CCOC1. The summed E-state index contributed by atoms with van der Waals surface area (Å²) in [5, 5.41) is 16.4. The van der Waals surface area contributed by atoms with Crippen molar-refractivity contribution in [2.45, 2.75) is 32.4 Å². The molecule has 6 rings (SSSR count). The molecule has 3 aliphatic heterocycles. The van der Waals surface area contributed by atoms with Gasteiger partial charge < -0.3 is 20.5 Å². The van der Waals surface area contributed by atoms with Crippen LogP contribution in [0.15, 0.2) is 65.7 Å². The number of rotatable bonds is 8. The summed E-state index contributed by atoms with van der Waals surface area (Å²) in [4.78, 5) is 24.6. The smallest absolute Gasteiger partial charge is 0.254 e. The van der Waals surface area contributed by atoms with Crippen molar-refractivity contribution in [3.05, 3.63) is 77.7 Å². The van der Waals surface area contributed by atoms with Gasteiger partial charge in [0.15, 0.2) is 0 Å². The fourth-order valence-corrected chi connectivity index (χ4v) is 5.72.